The lowest BCUT2D eigenvalue weighted by atomic mass is 10.1. The van der Waals surface area contributed by atoms with Crippen LogP contribution in [0.3, 0.4) is 0 Å². The third-order valence-electron chi connectivity index (χ3n) is 4.14. The largest absolute Gasteiger partial charge is 0.486 e. The van der Waals surface area contributed by atoms with Gasteiger partial charge in [0, 0.05) is 22.1 Å². The normalized spacial score (nSPS) is 12.6. The van der Waals surface area contributed by atoms with Crippen LogP contribution in [0.4, 0.5) is 0 Å². The first-order valence-corrected chi connectivity index (χ1v) is 10.6. The van der Waals surface area contributed by atoms with Crippen molar-refractivity contribution in [1.82, 2.24) is 5.32 Å². The molecule has 27 heavy (non-hydrogen) atoms. The number of hydrogen-bond donors (Lipinski definition) is 1. The number of nitrogens with one attached hydrogen (secondary N) is 1. The first-order valence-electron chi connectivity index (χ1n) is 8.70. The number of ether oxygens (including phenoxy) is 2. The molecule has 6 heteroatoms. The maximum atomic E-state index is 12.7. The van der Waals surface area contributed by atoms with E-state index in [4.69, 9.17) is 9.47 Å². The second kappa shape index (κ2) is 8.50. The summed E-state index contributed by atoms with van der Waals surface area (Å²) in [5.41, 5.74) is 1.69. The van der Waals surface area contributed by atoms with E-state index < -0.39 is 0 Å². The average molecular weight is 398 g/mol. The minimum Gasteiger partial charge on any atom is -0.486 e. The number of hydrogen-bond acceptors (Lipinski definition) is 5. The Labute approximate surface area is 166 Å². The lowest BCUT2D eigenvalue weighted by Gasteiger charge is -2.19. The van der Waals surface area contributed by atoms with E-state index in [-0.39, 0.29) is 5.91 Å². The third kappa shape index (κ3) is 4.46. The van der Waals surface area contributed by atoms with Gasteiger partial charge in [0.15, 0.2) is 11.5 Å². The van der Waals surface area contributed by atoms with Gasteiger partial charge in [-0.05, 0) is 41.3 Å². The van der Waals surface area contributed by atoms with Crippen LogP contribution < -0.4 is 14.8 Å². The molecule has 1 aliphatic rings. The van der Waals surface area contributed by atoms with Gasteiger partial charge in [-0.2, -0.15) is 0 Å². The molecule has 1 amide bonds. The first kappa shape index (κ1) is 17.9. The van der Waals surface area contributed by atoms with Gasteiger partial charge < -0.3 is 14.8 Å². The Morgan fingerprint density at radius 1 is 1.04 bits per heavy atom. The fraction of sp³-hybridized carbons (Fsp3) is 0.190. The van der Waals surface area contributed by atoms with Crippen LogP contribution in [-0.4, -0.2) is 19.1 Å². The Morgan fingerprint density at radius 2 is 1.89 bits per heavy atom. The average Bonchev–Trinajstić information content (AvgIpc) is 3.24. The molecule has 0 spiro atoms. The number of carbonyl (C=O) groups is 1. The molecule has 0 bridgehead atoms. The van der Waals surface area contributed by atoms with Gasteiger partial charge in [-0.3, -0.25) is 4.79 Å². The van der Waals surface area contributed by atoms with Gasteiger partial charge >= 0.3 is 0 Å². The molecular formula is C21H19NO3S2. The lowest BCUT2D eigenvalue weighted by molar-refractivity contribution is 0.0948. The van der Waals surface area contributed by atoms with E-state index in [2.05, 4.69) is 16.8 Å². The summed E-state index contributed by atoms with van der Waals surface area (Å²) in [6.07, 6.45) is 0. The highest BCUT2D eigenvalue weighted by Crippen LogP contribution is 2.31. The minimum atomic E-state index is -0.0702. The van der Waals surface area contributed by atoms with Crippen LogP contribution in [0, 0.1) is 0 Å². The number of thioether (sulfide) groups is 1. The number of rotatable bonds is 6. The zero-order chi connectivity index (χ0) is 18.5. The highest BCUT2D eigenvalue weighted by Gasteiger charge is 2.14. The van der Waals surface area contributed by atoms with Crippen LogP contribution >= 0.6 is 23.1 Å². The predicted molar refractivity (Wildman–Crippen MR) is 109 cm³/mol. The maximum Gasteiger partial charge on any atom is 0.252 e. The molecule has 4 rings (SSSR count). The van der Waals surface area contributed by atoms with Crippen LogP contribution in [0.15, 0.2) is 64.9 Å². The second-order valence-electron chi connectivity index (χ2n) is 6.02. The van der Waals surface area contributed by atoms with Gasteiger partial charge in [0.2, 0.25) is 0 Å². The summed E-state index contributed by atoms with van der Waals surface area (Å²) in [7, 11) is 0. The molecular weight excluding hydrogens is 378 g/mol. The van der Waals surface area contributed by atoms with E-state index in [1.807, 2.05) is 48.5 Å². The molecule has 0 saturated carbocycles. The molecule has 4 nitrogen and oxygen atoms in total. The topological polar surface area (TPSA) is 47.6 Å². The molecule has 0 saturated heterocycles. The SMILES string of the molecule is O=C(NCc1ccc2c(c1)OCCO2)c1ccccc1SCc1cccs1. The maximum absolute atomic E-state index is 12.7. The molecule has 0 fully saturated rings. The van der Waals surface area contributed by atoms with Crippen molar-refractivity contribution in [2.24, 2.45) is 0 Å². The molecule has 0 atom stereocenters. The Morgan fingerprint density at radius 3 is 2.74 bits per heavy atom. The first-order chi connectivity index (χ1) is 13.3. The summed E-state index contributed by atoms with van der Waals surface area (Å²) in [6.45, 7) is 1.57. The van der Waals surface area contributed by atoms with Crippen molar-refractivity contribution in [2.75, 3.05) is 13.2 Å². The Hall–Kier alpha value is -2.44. The van der Waals surface area contributed by atoms with Gasteiger partial charge in [0.25, 0.3) is 5.91 Å². The Bertz CT molecular complexity index is 925. The summed E-state index contributed by atoms with van der Waals surface area (Å²) in [6, 6.07) is 17.7. The molecule has 1 aromatic heterocycles. The molecule has 138 valence electrons. The predicted octanol–water partition coefficient (Wildman–Crippen LogP) is 4.74. The molecule has 1 N–H and O–H groups in total. The zero-order valence-corrected chi connectivity index (χ0v) is 16.3. The van der Waals surface area contributed by atoms with Crippen molar-refractivity contribution < 1.29 is 14.3 Å². The van der Waals surface area contributed by atoms with Crippen molar-refractivity contribution in [1.29, 1.82) is 0 Å². The number of benzene rings is 2. The van der Waals surface area contributed by atoms with Gasteiger partial charge in [-0.1, -0.05) is 24.3 Å². The van der Waals surface area contributed by atoms with Crippen LogP contribution in [0.5, 0.6) is 11.5 Å². The van der Waals surface area contributed by atoms with E-state index >= 15 is 0 Å². The van der Waals surface area contributed by atoms with Crippen LogP contribution in [0.25, 0.3) is 0 Å². The van der Waals surface area contributed by atoms with Crippen LogP contribution in [-0.2, 0) is 12.3 Å². The van der Waals surface area contributed by atoms with Crippen molar-refractivity contribution in [3.8, 4) is 11.5 Å². The van der Waals surface area contributed by atoms with E-state index in [1.165, 1.54) is 4.88 Å². The summed E-state index contributed by atoms with van der Waals surface area (Å²) in [4.78, 5) is 15.0. The molecule has 0 radical (unpaired) electrons. The van der Waals surface area contributed by atoms with E-state index in [0.29, 0.717) is 25.3 Å². The van der Waals surface area contributed by atoms with Gasteiger partial charge in [-0.15, -0.1) is 23.1 Å². The number of fused-ring (bicyclic) bond motifs is 1. The lowest BCUT2D eigenvalue weighted by Crippen LogP contribution is -2.23. The number of amides is 1. The Kier molecular flexibility index (Phi) is 5.65. The monoisotopic (exact) mass is 397 g/mol. The van der Waals surface area contributed by atoms with Crippen molar-refractivity contribution in [2.45, 2.75) is 17.2 Å². The highest BCUT2D eigenvalue weighted by atomic mass is 32.2. The van der Waals surface area contributed by atoms with Gasteiger partial charge in [-0.25, -0.2) is 0 Å². The standard InChI is InChI=1S/C21H19NO3S2/c23-21(22-13-15-7-8-18-19(12-15)25-10-9-24-18)17-5-1-2-6-20(17)27-14-16-4-3-11-26-16/h1-8,11-12H,9-10,13-14H2,(H,22,23). The summed E-state index contributed by atoms with van der Waals surface area (Å²) < 4.78 is 11.1. The summed E-state index contributed by atoms with van der Waals surface area (Å²) in [5.74, 6) is 2.29. The second-order valence-corrected chi connectivity index (χ2v) is 8.07. The van der Waals surface area contributed by atoms with E-state index in [9.17, 15) is 4.79 Å². The number of carbonyl (C=O) groups excluding carboxylic acids is 1. The van der Waals surface area contributed by atoms with Gasteiger partial charge in [0.05, 0.1) is 5.56 Å². The van der Waals surface area contributed by atoms with Crippen molar-refractivity contribution in [3.63, 3.8) is 0 Å². The molecule has 3 aromatic rings. The summed E-state index contributed by atoms with van der Waals surface area (Å²) in [5, 5.41) is 5.08. The quantitative estimate of drug-likeness (QED) is 0.610. The molecule has 1 aliphatic heterocycles. The van der Waals surface area contributed by atoms with E-state index in [1.54, 1.807) is 23.1 Å². The smallest absolute Gasteiger partial charge is 0.252 e. The van der Waals surface area contributed by atoms with Crippen molar-refractivity contribution in [3.05, 3.63) is 76.0 Å². The molecule has 2 heterocycles. The van der Waals surface area contributed by atoms with Crippen molar-refractivity contribution >= 4 is 29.0 Å². The minimum absolute atomic E-state index is 0.0702. The van der Waals surface area contributed by atoms with Gasteiger partial charge in [0.1, 0.15) is 13.2 Å². The molecule has 2 aromatic carbocycles. The zero-order valence-electron chi connectivity index (χ0n) is 14.6. The Balaban J connectivity index is 1.41. The molecule has 0 aliphatic carbocycles. The fourth-order valence-corrected chi connectivity index (χ4v) is 4.62. The number of thiophene rings is 1. The fourth-order valence-electron chi connectivity index (χ4n) is 2.80. The summed E-state index contributed by atoms with van der Waals surface area (Å²) >= 11 is 3.42. The third-order valence-corrected chi connectivity index (χ3v) is 6.32. The van der Waals surface area contributed by atoms with E-state index in [0.717, 1.165) is 27.7 Å². The van der Waals surface area contributed by atoms with Crippen LogP contribution in [0.2, 0.25) is 0 Å². The molecule has 0 unspecified atom stereocenters. The van der Waals surface area contributed by atoms with Crippen LogP contribution in [0.1, 0.15) is 20.8 Å². The highest BCUT2D eigenvalue weighted by molar-refractivity contribution is 7.98.